The highest BCUT2D eigenvalue weighted by Crippen LogP contribution is 2.24. The predicted octanol–water partition coefficient (Wildman–Crippen LogP) is 4.20. The van der Waals surface area contributed by atoms with Gasteiger partial charge in [-0.05, 0) is 36.2 Å². The Morgan fingerprint density at radius 2 is 1.74 bits per heavy atom. The number of aryl methyl sites for hydroxylation is 1. The van der Waals surface area contributed by atoms with Gasteiger partial charge in [0.25, 0.3) is 0 Å². The highest BCUT2D eigenvalue weighted by atomic mass is 35.5. The highest BCUT2D eigenvalue weighted by Gasteiger charge is 2.15. The quantitative estimate of drug-likeness (QED) is 0.894. The third-order valence-electron chi connectivity index (χ3n) is 2.98. The van der Waals surface area contributed by atoms with Gasteiger partial charge in [0, 0.05) is 23.1 Å². The molecule has 0 saturated carbocycles. The summed E-state index contributed by atoms with van der Waals surface area (Å²) in [6.07, 6.45) is -0.764. The fraction of sp³-hybridized carbons (Fsp3) is 0.200. The van der Waals surface area contributed by atoms with Crippen LogP contribution in [0.1, 0.15) is 22.8 Å². The van der Waals surface area contributed by atoms with Gasteiger partial charge < -0.3 is 5.11 Å². The summed E-state index contributed by atoms with van der Waals surface area (Å²) in [7, 11) is 0. The second kappa shape index (κ2) is 5.68. The first kappa shape index (κ1) is 14.0. The van der Waals surface area contributed by atoms with Crippen LogP contribution in [0, 0.1) is 18.6 Å². The molecule has 0 saturated heterocycles. The fourth-order valence-corrected chi connectivity index (χ4v) is 2.01. The van der Waals surface area contributed by atoms with Gasteiger partial charge in [-0.1, -0.05) is 23.7 Å². The molecule has 2 aromatic rings. The summed E-state index contributed by atoms with van der Waals surface area (Å²) in [6, 6.07) is 9.08. The van der Waals surface area contributed by atoms with Gasteiger partial charge in [-0.2, -0.15) is 0 Å². The van der Waals surface area contributed by atoms with Crippen molar-refractivity contribution in [2.45, 2.75) is 19.4 Å². The summed E-state index contributed by atoms with van der Waals surface area (Å²) in [5, 5.41) is 10.6. The van der Waals surface area contributed by atoms with Crippen molar-refractivity contribution in [1.82, 2.24) is 0 Å². The van der Waals surface area contributed by atoms with Gasteiger partial charge in [0.1, 0.15) is 11.6 Å². The van der Waals surface area contributed by atoms with E-state index in [2.05, 4.69) is 0 Å². The van der Waals surface area contributed by atoms with Crippen LogP contribution in [-0.4, -0.2) is 5.11 Å². The Morgan fingerprint density at radius 3 is 2.37 bits per heavy atom. The van der Waals surface area contributed by atoms with Gasteiger partial charge in [0.2, 0.25) is 0 Å². The number of hydrogen-bond acceptors (Lipinski definition) is 1. The average molecular weight is 283 g/mol. The predicted molar refractivity (Wildman–Crippen MR) is 71.2 cm³/mol. The number of aliphatic hydroxyl groups excluding tert-OH is 1. The molecule has 0 bridgehead atoms. The van der Waals surface area contributed by atoms with Crippen molar-refractivity contribution in [3.63, 3.8) is 0 Å². The molecule has 0 radical (unpaired) electrons. The summed E-state index contributed by atoms with van der Waals surface area (Å²) in [5.41, 5.74) is 1.25. The zero-order chi connectivity index (χ0) is 14.0. The Bertz CT molecular complexity index is 581. The van der Waals surface area contributed by atoms with E-state index in [4.69, 9.17) is 11.6 Å². The SMILES string of the molecule is Cc1cc(C(O)Cc2ccc(Cl)cc2)c(F)cc1F. The lowest BCUT2D eigenvalue weighted by molar-refractivity contribution is 0.173. The number of hydrogen-bond donors (Lipinski definition) is 1. The maximum Gasteiger partial charge on any atom is 0.131 e. The second-order valence-electron chi connectivity index (χ2n) is 4.47. The maximum atomic E-state index is 13.6. The average Bonchev–Trinajstić information content (AvgIpc) is 2.36. The molecule has 4 heteroatoms. The third kappa shape index (κ3) is 3.31. The molecule has 0 amide bonds. The standard InChI is InChI=1S/C15H13ClF2O/c1-9-6-12(14(18)8-13(9)17)15(19)7-10-2-4-11(16)5-3-10/h2-6,8,15,19H,7H2,1H3. The fourth-order valence-electron chi connectivity index (χ4n) is 1.89. The normalized spacial score (nSPS) is 12.5. The van der Waals surface area contributed by atoms with Crippen LogP contribution in [0.2, 0.25) is 5.02 Å². The third-order valence-corrected chi connectivity index (χ3v) is 3.23. The summed E-state index contributed by atoms with van der Waals surface area (Å²) >= 11 is 5.76. The van der Waals surface area contributed by atoms with Crippen LogP contribution in [0.15, 0.2) is 36.4 Å². The molecule has 0 aromatic heterocycles. The first-order chi connectivity index (χ1) is 8.97. The highest BCUT2D eigenvalue weighted by molar-refractivity contribution is 6.30. The summed E-state index contributed by atoms with van der Waals surface area (Å²) in [4.78, 5) is 0. The van der Waals surface area contributed by atoms with Gasteiger partial charge in [-0.3, -0.25) is 0 Å². The van der Waals surface area contributed by atoms with Gasteiger partial charge in [-0.15, -0.1) is 0 Å². The molecule has 1 atom stereocenters. The molecule has 2 rings (SSSR count). The van der Waals surface area contributed by atoms with Crippen LogP contribution in [0.3, 0.4) is 0 Å². The first-order valence-electron chi connectivity index (χ1n) is 5.85. The zero-order valence-corrected chi connectivity index (χ0v) is 11.1. The zero-order valence-electron chi connectivity index (χ0n) is 10.3. The molecule has 1 unspecified atom stereocenters. The Kier molecular flexibility index (Phi) is 4.17. The number of benzene rings is 2. The molecule has 0 heterocycles. The van der Waals surface area contributed by atoms with Crippen LogP contribution >= 0.6 is 11.6 Å². The van der Waals surface area contributed by atoms with Gasteiger partial charge in [0.05, 0.1) is 6.10 Å². The van der Waals surface area contributed by atoms with Crippen LogP contribution in [0.5, 0.6) is 0 Å². The van der Waals surface area contributed by atoms with E-state index in [1.165, 1.54) is 13.0 Å². The molecule has 1 nitrogen and oxygen atoms in total. The summed E-state index contributed by atoms with van der Waals surface area (Å²) in [5.74, 6) is -1.34. The van der Waals surface area contributed by atoms with Crippen molar-refractivity contribution >= 4 is 11.6 Å². The Labute approximate surface area is 115 Å². The molecule has 0 spiro atoms. The second-order valence-corrected chi connectivity index (χ2v) is 4.91. The van der Waals surface area contributed by atoms with Crippen molar-refractivity contribution < 1.29 is 13.9 Å². The number of aliphatic hydroxyl groups is 1. The molecule has 0 aliphatic carbocycles. The molecule has 0 aliphatic rings. The minimum atomic E-state index is -1.01. The lowest BCUT2D eigenvalue weighted by Crippen LogP contribution is -2.05. The molecule has 1 N–H and O–H groups in total. The van der Waals surface area contributed by atoms with E-state index in [-0.39, 0.29) is 12.0 Å². The van der Waals surface area contributed by atoms with Gasteiger partial charge in [0.15, 0.2) is 0 Å². The van der Waals surface area contributed by atoms with E-state index in [0.29, 0.717) is 10.6 Å². The lowest BCUT2D eigenvalue weighted by atomic mass is 9.99. The van der Waals surface area contributed by atoms with Crippen molar-refractivity contribution in [3.8, 4) is 0 Å². The van der Waals surface area contributed by atoms with E-state index in [1.54, 1.807) is 24.3 Å². The maximum absolute atomic E-state index is 13.6. The Balaban J connectivity index is 2.22. The van der Waals surface area contributed by atoms with Crippen LogP contribution < -0.4 is 0 Å². The number of rotatable bonds is 3. The van der Waals surface area contributed by atoms with Crippen molar-refractivity contribution in [3.05, 3.63) is 69.7 Å². The van der Waals surface area contributed by atoms with Crippen LogP contribution in [0.4, 0.5) is 8.78 Å². The summed E-state index contributed by atoms with van der Waals surface area (Å²) in [6.45, 7) is 1.54. The minimum absolute atomic E-state index is 0.105. The Hall–Kier alpha value is -1.45. The molecule has 0 fully saturated rings. The topological polar surface area (TPSA) is 20.2 Å². The van der Waals surface area contributed by atoms with Crippen molar-refractivity contribution in [1.29, 1.82) is 0 Å². The molecular weight excluding hydrogens is 270 g/mol. The van der Waals surface area contributed by atoms with Gasteiger partial charge in [-0.25, -0.2) is 8.78 Å². The molecular formula is C15H13ClF2O. The van der Waals surface area contributed by atoms with E-state index in [0.717, 1.165) is 11.6 Å². The Morgan fingerprint density at radius 1 is 1.11 bits per heavy atom. The molecule has 100 valence electrons. The van der Waals surface area contributed by atoms with Gasteiger partial charge >= 0.3 is 0 Å². The number of halogens is 3. The molecule has 0 aliphatic heterocycles. The lowest BCUT2D eigenvalue weighted by Gasteiger charge is -2.13. The largest absolute Gasteiger partial charge is 0.388 e. The van der Waals surface area contributed by atoms with Crippen LogP contribution in [0.25, 0.3) is 0 Å². The monoisotopic (exact) mass is 282 g/mol. The van der Waals surface area contributed by atoms with Crippen molar-refractivity contribution in [2.75, 3.05) is 0 Å². The van der Waals surface area contributed by atoms with E-state index in [9.17, 15) is 13.9 Å². The van der Waals surface area contributed by atoms with E-state index >= 15 is 0 Å². The minimum Gasteiger partial charge on any atom is -0.388 e. The van der Waals surface area contributed by atoms with Crippen LogP contribution in [-0.2, 0) is 6.42 Å². The molecule has 2 aromatic carbocycles. The molecule has 19 heavy (non-hydrogen) atoms. The van der Waals surface area contributed by atoms with E-state index < -0.39 is 17.7 Å². The van der Waals surface area contributed by atoms with Crippen molar-refractivity contribution in [2.24, 2.45) is 0 Å². The summed E-state index contributed by atoms with van der Waals surface area (Å²) < 4.78 is 26.8. The van der Waals surface area contributed by atoms with E-state index in [1.807, 2.05) is 0 Å². The smallest absolute Gasteiger partial charge is 0.131 e. The first-order valence-corrected chi connectivity index (χ1v) is 6.23.